The molecule has 0 saturated heterocycles. The Labute approximate surface area is 133 Å². The number of aliphatic hydroxyl groups is 1. The lowest BCUT2D eigenvalue weighted by atomic mass is 10.1. The van der Waals surface area contributed by atoms with Crippen LogP contribution in [0, 0.1) is 13.8 Å². The molecule has 6 heteroatoms. The summed E-state index contributed by atoms with van der Waals surface area (Å²) >= 11 is 0. The van der Waals surface area contributed by atoms with Gasteiger partial charge in [-0.1, -0.05) is 17.3 Å². The first-order valence-electron chi connectivity index (χ1n) is 7.33. The maximum atomic E-state index is 12.6. The van der Waals surface area contributed by atoms with E-state index in [4.69, 9.17) is 9.63 Å². The Bertz CT molecular complexity index is 853. The molecule has 2 heterocycles. The van der Waals surface area contributed by atoms with Gasteiger partial charge in [0.15, 0.2) is 0 Å². The van der Waals surface area contributed by atoms with E-state index >= 15 is 0 Å². The molecule has 0 aliphatic heterocycles. The number of fused-ring (bicyclic) bond motifs is 1. The van der Waals surface area contributed by atoms with Gasteiger partial charge in [-0.25, -0.2) is 4.98 Å². The molecule has 3 aromatic rings. The molecule has 23 heavy (non-hydrogen) atoms. The summed E-state index contributed by atoms with van der Waals surface area (Å²) in [6, 6.07) is 9.11. The molecule has 0 unspecified atom stereocenters. The molecular weight excluding hydrogens is 294 g/mol. The van der Waals surface area contributed by atoms with E-state index in [-0.39, 0.29) is 12.5 Å². The van der Waals surface area contributed by atoms with Crippen LogP contribution in [0.15, 0.2) is 34.9 Å². The van der Waals surface area contributed by atoms with Crippen LogP contribution in [0.1, 0.15) is 27.3 Å². The molecule has 6 nitrogen and oxygen atoms in total. The van der Waals surface area contributed by atoms with Crippen molar-refractivity contribution in [1.29, 1.82) is 0 Å². The van der Waals surface area contributed by atoms with Crippen LogP contribution in [-0.2, 0) is 6.42 Å². The summed E-state index contributed by atoms with van der Waals surface area (Å²) in [5.74, 6) is -0.235. The Morgan fingerprint density at radius 1 is 1.26 bits per heavy atom. The van der Waals surface area contributed by atoms with E-state index in [9.17, 15) is 4.79 Å². The minimum absolute atomic E-state index is 0.104. The summed E-state index contributed by atoms with van der Waals surface area (Å²) in [6.07, 6.45) is 0.596. The summed E-state index contributed by atoms with van der Waals surface area (Å²) in [7, 11) is 0. The van der Waals surface area contributed by atoms with Crippen molar-refractivity contribution in [3.05, 3.63) is 52.8 Å². The van der Waals surface area contributed by atoms with Crippen molar-refractivity contribution < 1.29 is 14.4 Å². The number of amides is 1. The summed E-state index contributed by atoms with van der Waals surface area (Å²) < 4.78 is 5.15. The first-order valence-corrected chi connectivity index (χ1v) is 7.33. The second-order valence-corrected chi connectivity index (χ2v) is 5.38. The van der Waals surface area contributed by atoms with Crippen LogP contribution in [0.5, 0.6) is 0 Å². The molecule has 0 bridgehead atoms. The lowest BCUT2D eigenvalue weighted by molar-refractivity contribution is 0.102. The smallest absolute Gasteiger partial charge is 0.258 e. The second-order valence-electron chi connectivity index (χ2n) is 5.38. The van der Waals surface area contributed by atoms with Gasteiger partial charge in [-0.3, -0.25) is 4.79 Å². The molecule has 0 saturated carbocycles. The van der Waals surface area contributed by atoms with Crippen molar-refractivity contribution in [3.8, 4) is 0 Å². The maximum Gasteiger partial charge on any atom is 0.258 e. The molecule has 2 aromatic heterocycles. The molecule has 1 amide bonds. The highest BCUT2D eigenvalue weighted by Crippen LogP contribution is 2.23. The average molecular weight is 311 g/mol. The predicted molar refractivity (Wildman–Crippen MR) is 86.5 cm³/mol. The number of aliphatic hydroxyl groups excluding tert-OH is 1. The summed E-state index contributed by atoms with van der Waals surface area (Å²) in [4.78, 5) is 16.8. The average Bonchev–Trinajstić information content (AvgIpc) is 2.90. The molecule has 3 rings (SSSR count). The van der Waals surface area contributed by atoms with Crippen molar-refractivity contribution in [2.45, 2.75) is 20.3 Å². The molecular formula is C17H17N3O3. The normalized spacial score (nSPS) is 10.9. The fraction of sp³-hybridized carbons (Fsp3) is 0.235. The van der Waals surface area contributed by atoms with Gasteiger partial charge < -0.3 is 14.9 Å². The zero-order valence-corrected chi connectivity index (χ0v) is 13.0. The predicted octanol–water partition coefficient (Wildman–Crippen LogP) is 2.63. The third-order valence-corrected chi connectivity index (χ3v) is 3.60. The standard InChI is InChI=1S/C17H17N3O3/c1-10-9-14(15-11(2)20-23-17(15)18-10)16(22)19-13-5-3-12(4-6-13)7-8-21/h3-6,9,21H,7-8H2,1-2H3,(H,19,22). The van der Waals surface area contributed by atoms with E-state index in [1.54, 1.807) is 19.9 Å². The Morgan fingerprint density at radius 2 is 2.00 bits per heavy atom. The molecule has 0 aliphatic rings. The number of pyridine rings is 1. The van der Waals surface area contributed by atoms with Crippen LogP contribution in [-0.4, -0.2) is 27.8 Å². The van der Waals surface area contributed by atoms with E-state index in [0.29, 0.717) is 40.2 Å². The first kappa shape index (κ1) is 15.2. The number of nitrogens with zero attached hydrogens (tertiary/aromatic N) is 2. The minimum Gasteiger partial charge on any atom is -0.396 e. The van der Waals surface area contributed by atoms with E-state index in [1.807, 2.05) is 24.3 Å². The lowest BCUT2D eigenvalue weighted by Crippen LogP contribution is -2.13. The van der Waals surface area contributed by atoms with Crippen LogP contribution in [0.3, 0.4) is 0 Å². The Hall–Kier alpha value is -2.73. The van der Waals surface area contributed by atoms with Gasteiger partial charge in [-0.15, -0.1) is 0 Å². The molecule has 0 radical (unpaired) electrons. The zero-order valence-electron chi connectivity index (χ0n) is 13.0. The Morgan fingerprint density at radius 3 is 2.70 bits per heavy atom. The van der Waals surface area contributed by atoms with Crippen LogP contribution in [0.4, 0.5) is 5.69 Å². The topological polar surface area (TPSA) is 88.2 Å². The number of hydrogen-bond acceptors (Lipinski definition) is 5. The van der Waals surface area contributed by atoms with Crippen molar-refractivity contribution in [2.75, 3.05) is 11.9 Å². The van der Waals surface area contributed by atoms with E-state index < -0.39 is 0 Å². The third kappa shape index (κ3) is 3.07. The maximum absolute atomic E-state index is 12.6. The SMILES string of the molecule is Cc1cc(C(=O)Nc2ccc(CCO)cc2)c2c(C)noc2n1. The van der Waals surface area contributed by atoms with Crippen molar-refractivity contribution in [1.82, 2.24) is 10.1 Å². The van der Waals surface area contributed by atoms with Gasteiger partial charge in [0.1, 0.15) is 0 Å². The quantitative estimate of drug-likeness (QED) is 0.773. The van der Waals surface area contributed by atoms with Gasteiger partial charge in [0.05, 0.1) is 16.6 Å². The number of aryl methyl sites for hydroxylation is 2. The number of hydrogen-bond donors (Lipinski definition) is 2. The van der Waals surface area contributed by atoms with Crippen LogP contribution >= 0.6 is 0 Å². The summed E-state index contributed by atoms with van der Waals surface area (Å²) in [5.41, 5.74) is 3.89. The molecule has 118 valence electrons. The monoisotopic (exact) mass is 311 g/mol. The van der Waals surface area contributed by atoms with Gasteiger partial charge in [0.25, 0.3) is 11.6 Å². The third-order valence-electron chi connectivity index (χ3n) is 3.60. The highest BCUT2D eigenvalue weighted by atomic mass is 16.5. The Kier molecular flexibility index (Phi) is 4.08. The van der Waals surface area contributed by atoms with E-state index in [1.165, 1.54) is 0 Å². The highest BCUT2D eigenvalue weighted by Gasteiger charge is 2.17. The van der Waals surface area contributed by atoms with Crippen molar-refractivity contribution in [2.24, 2.45) is 0 Å². The number of benzene rings is 1. The van der Waals surface area contributed by atoms with Gasteiger partial charge >= 0.3 is 0 Å². The Balaban J connectivity index is 1.90. The number of rotatable bonds is 4. The number of carbonyl (C=O) groups is 1. The molecule has 0 fully saturated rings. The van der Waals surface area contributed by atoms with Crippen molar-refractivity contribution >= 4 is 22.7 Å². The van der Waals surface area contributed by atoms with Gasteiger partial charge in [-0.2, -0.15) is 0 Å². The van der Waals surface area contributed by atoms with E-state index in [0.717, 1.165) is 5.56 Å². The lowest BCUT2D eigenvalue weighted by Gasteiger charge is -2.08. The van der Waals surface area contributed by atoms with Crippen LogP contribution in [0.25, 0.3) is 11.1 Å². The fourth-order valence-electron chi connectivity index (χ4n) is 2.48. The summed E-state index contributed by atoms with van der Waals surface area (Å²) in [5, 5.41) is 16.3. The number of anilines is 1. The number of aromatic nitrogens is 2. The van der Waals surface area contributed by atoms with Crippen molar-refractivity contribution in [3.63, 3.8) is 0 Å². The zero-order chi connectivity index (χ0) is 16.4. The van der Waals surface area contributed by atoms with Gasteiger partial charge in [-0.05, 0) is 44.0 Å². The highest BCUT2D eigenvalue weighted by molar-refractivity contribution is 6.12. The second kappa shape index (κ2) is 6.18. The minimum atomic E-state index is -0.235. The fourth-order valence-corrected chi connectivity index (χ4v) is 2.48. The first-order chi connectivity index (χ1) is 11.1. The largest absolute Gasteiger partial charge is 0.396 e. The molecule has 2 N–H and O–H groups in total. The molecule has 0 spiro atoms. The number of carbonyl (C=O) groups excluding carboxylic acids is 1. The van der Waals surface area contributed by atoms with Crippen LogP contribution < -0.4 is 5.32 Å². The molecule has 1 aromatic carbocycles. The number of nitrogens with one attached hydrogen (secondary N) is 1. The van der Waals surface area contributed by atoms with Crippen LogP contribution in [0.2, 0.25) is 0 Å². The van der Waals surface area contributed by atoms with Gasteiger partial charge in [0, 0.05) is 18.0 Å². The molecule has 0 atom stereocenters. The van der Waals surface area contributed by atoms with E-state index in [2.05, 4.69) is 15.5 Å². The van der Waals surface area contributed by atoms with Gasteiger partial charge in [0.2, 0.25) is 0 Å². The molecule has 0 aliphatic carbocycles. The summed E-state index contributed by atoms with van der Waals surface area (Å²) in [6.45, 7) is 3.69.